The Morgan fingerprint density at radius 2 is 1.68 bits per heavy atom. The summed E-state index contributed by atoms with van der Waals surface area (Å²) >= 11 is 5.63. The zero-order valence-electron chi connectivity index (χ0n) is 20.7. The van der Waals surface area contributed by atoms with Gasteiger partial charge in [0, 0.05) is 43.6 Å². The van der Waals surface area contributed by atoms with E-state index in [1.165, 1.54) is 17.3 Å². The van der Waals surface area contributed by atoms with Crippen molar-refractivity contribution >= 4 is 34.3 Å². The average Bonchev–Trinajstić information content (AvgIpc) is 2.88. The molecule has 4 rings (SSSR count). The highest BCUT2D eigenvalue weighted by Gasteiger charge is 2.35. The molecule has 1 aliphatic carbocycles. The number of nitrogens with one attached hydrogen (secondary N) is 1. The van der Waals surface area contributed by atoms with E-state index in [1.807, 2.05) is 0 Å². The number of nitrogens with zero attached hydrogens (tertiary/aromatic N) is 3. The second-order valence-electron chi connectivity index (χ2n) is 9.65. The summed E-state index contributed by atoms with van der Waals surface area (Å²) in [7, 11) is 0. The molecular formula is C26H33F3N4O3S. The Balaban J connectivity index is 1.19. The number of hydrogen-bond acceptors (Lipinski definition) is 7. The predicted octanol–water partition coefficient (Wildman–Crippen LogP) is 5.49. The average molecular weight is 539 g/mol. The van der Waals surface area contributed by atoms with Crippen LogP contribution in [0, 0.1) is 6.92 Å². The van der Waals surface area contributed by atoms with Gasteiger partial charge in [0.1, 0.15) is 10.7 Å². The minimum absolute atomic E-state index is 0.00735. The van der Waals surface area contributed by atoms with Gasteiger partial charge in [-0.2, -0.15) is 13.2 Å². The largest absolute Gasteiger partial charge is 0.418 e. The molecule has 1 saturated heterocycles. The van der Waals surface area contributed by atoms with Gasteiger partial charge in [0.05, 0.1) is 18.3 Å². The third-order valence-corrected chi connectivity index (χ3v) is 7.41. The molecule has 0 bridgehead atoms. The lowest BCUT2D eigenvalue weighted by molar-refractivity contribution is -0.138. The Morgan fingerprint density at radius 1 is 1.03 bits per heavy atom. The zero-order chi connectivity index (χ0) is 26.6. The highest BCUT2D eigenvalue weighted by atomic mass is 32.1. The summed E-state index contributed by atoms with van der Waals surface area (Å²) in [5, 5.41) is 20.8. The molecule has 202 valence electrons. The SMILES string of the molecule is Cc1ccc(N2CCN(C(=S)COC3CCC(Nc4ccc(N(O)O)c(C(F)(F)F)c4)CC3)CC2)cc1. The Morgan fingerprint density at radius 3 is 2.27 bits per heavy atom. The van der Waals surface area contributed by atoms with Gasteiger partial charge >= 0.3 is 6.18 Å². The smallest absolute Gasteiger partial charge is 0.382 e. The number of hydrogen-bond donors (Lipinski definition) is 3. The number of aryl methyl sites for hydroxylation is 1. The number of benzene rings is 2. The molecule has 11 heteroatoms. The third-order valence-electron chi connectivity index (χ3n) is 7.04. The Hall–Kier alpha value is -2.60. The van der Waals surface area contributed by atoms with Crippen LogP contribution in [0.3, 0.4) is 0 Å². The van der Waals surface area contributed by atoms with E-state index in [4.69, 9.17) is 27.4 Å². The standard InChI is InChI=1S/C26H33F3N4O3S/c1-18-2-7-21(8-3-18)31-12-14-32(15-13-31)25(37)17-36-22-9-4-19(5-10-22)30-20-6-11-24(33(34)35)23(16-20)26(27,28)29/h2-3,6-8,11,16,19,22,30,34-35H,4-5,9-10,12-15,17H2,1H3. The lowest BCUT2D eigenvalue weighted by Crippen LogP contribution is -2.49. The zero-order valence-corrected chi connectivity index (χ0v) is 21.6. The first-order chi connectivity index (χ1) is 17.6. The molecule has 0 spiro atoms. The van der Waals surface area contributed by atoms with Gasteiger partial charge in [0.25, 0.3) is 0 Å². The first-order valence-electron chi connectivity index (χ1n) is 12.5. The monoisotopic (exact) mass is 538 g/mol. The normalized spacial score (nSPS) is 20.6. The molecule has 0 aromatic heterocycles. The highest BCUT2D eigenvalue weighted by molar-refractivity contribution is 7.80. The topological polar surface area (TPSA) is 71.4 Å². The summed E-state index contributed by atoms with van der Waals surface area (Å²) in [6, 6.07) is 11.9. The van der Waals surface area contributed by atoms with Crippen molar-refractivity contribution in [1.82, 2.24) is 4.90 Å². The summed E-state index contributed by atoms with van der Waals surface area (Å²) in [5.74, 6) is 0. The number of ether oxygens (including phenoxy) is 1. The lowest BCUT2D eigenvalue weighted by Gasteiger charge is -2.38. The molecular weight excluding hydrogens is 505 g/mol. The van der Waals surface area contributed by atoms with Crippen molar-refractivity contribution in [2.24, 2.45) is 0 Å². The summed E-state index contributed by atoms with van der Waals surface area (Å²) < 4.78 is 46.0. The van der Waals surface area contributed by atoms with Gasteiger partial charge in [-0.3, -0.25) is 10.4 Å². The van der Waals surface area contributed by atoms with Gasteiger partial charge in [-0.1, -0.05) is 29.9 Å². The predicted molar refractivity (Wildman–Crippen MR) is 141 cm³/mol. The van der Waals surface area contributed by atoms with Crippen LogP contribution in [0.4, 0.5) is 30.2 Å². The molecule has 0 atom stereocenters. The number of alkyl halides is 3. The first-order valence-corrected chi connectivity index (χ1v) is 12.9. The summed E-state index contributed by atoms with van der Waals surface area (Å²) in [4.78, 5) is 5.38. The molecule has 0 amide bonds. The van der Waals surface area contributed by atoms with Crippen LogP contribution in [0.5, 0.6) is 0 Å². The summed E-state index contributed by atoms with van der Waals surface area (Å²) in [6.07, 6.45) is -1.58. The van der Waals surface area contributed by atoms with Crippen LogP contribution in [-0.2, 0) is 10.9 Å². The van der Waals surface area contributed by atoms with Crippen molar-refractivity contribution in [2.45, 2.75) is 50.9 Å². The van der Waals surface area contributed by atoms with E-state index < -0.39 is 22.7 Å². The number of thiocarbonyl (C=S) groups is 1. The fourth-order valence-electron chi connectivity index (χ4n) is 4.89. The molecule has 2 aromatic rings. The second kappa shape index (κ2) is 11.8. The van der Waals surface area contributed by atoms with Gasteiger partial charge in [-0.15, -0.1) is 5.23 Å². The van der Waals surface area contributed by atoms with Crippen LogP contribution in [0.15, 0.2) is 42.5 Å². The molecule has 0 radical (unpaired) electrons. The molecule has 1 saturated carbocycles. The van der Waals surface area contributed by atoms with E-state index >= 15 is 0 Å². The van der Waals surface area contributed by atoms with Crippen molar-refractivity contribution in [3.8, 4) is 0 Å². The second-order valence-corrected chi connectivity index (χ2v) is 10.1. The molecule has 37 heavy (non-hydrogen) atoms. The van der Waals surface area contributed by atoms with Gasteiger partial charge < -0.3 is 19.9 Å². The van der Waals surface area contributed by atoms with Crippen LogP contribution in [0.25, 0.3) is 0 Å². The van der Waals surface area contributed by atoms with Gasteiger partial charge in [-0.25, -0.2) is 0 Å². The van der Waals surface area contributed by atoms with Crippen molar-refractivity contribution in [1.29, 1.82) is 0 Å². The van der Waals surface area contributed by atoms with E-state index in [9.17, 15) is 13.2 Å². The van der Waals surface area contributed by atoms with Crippen molar-refractivity contribution in [3.63, 3.8) is 0 Å². The van der Waals surface area contributed by atoms with Crippen LogP contribution >= 0.6 is 12.2 Å². The van der Waals surface area contributed by atoms with Crippen molar-refractivity contribution < 1.29 is 28.3 Å². The fourth-order valence-corrected chi connectivity index (χ4v) is 5.14. The van der Waals surface area contributed by atoms with Crippen LogP contribution in [-0.4, -0.2) is 65.2 Å². The van der Waals surface area contributed by atoms with Gasteiger partial charge in [0.15, 0.2) is 0 Å². The molecule has 0 unspecified atom stereocenters. The molecule has 7 nitrogen and oxygen atoms in total. The van der Waals surface area contributed by atoms with Crippen molar-refractivity contribution in [3.05, 3.63) is 53.6 Å². The fraction of sp³-hybridized carbons (Fsp3) is 0.500. The highest BCUT2D eigenvalue weighted by Crippen LogP contribution is 2.38. The van der Waals surface area contributed by atoms with E-state index in [-0.39, 0.29) is 17.8 Å². The van der Waals surface area contributed by atoms with E-state index in [2.05, 4.69) is 46.3 Å². The van der Waals surface area contributed by atoms with Crippen molar-refractivity contribution in [2.75, 3.05) is 48.2 Å². The van der Waals surface area contributed by atoms with E-state index in [0.717, 1.165) is 69.0 Å². The Labute approximate surface area is 220 Å². The maximum atomic E-state index is 13.3. The number of piperazine rings is 1. The molecule has 2 fully saturated rings. The maximum absolute atomic E-state index is 13.3. The quantitative estimate of drug-likeness (QED) is 0.316. The van der Waals surface area contributed by atoms with Crippen LogP contribution in [0.2, 0.25) is 0 Å². The molecule has 2 aliphatic rings. The van der Waals surface area contributed by atoms with Crippen LogP contribution in [0.1, 0.15) is 36.8 Å². The summed E-state index contributed by atoms with van der Waals surface area (Å²) in [5.41, 5.74) is 0.924. The van der Waals surface area contributed by atoms with Gasteiger partial charge in [-0.05, 0) is 62.9 Å². The molecule has 3 N–H and O–H groups in total. The Bertz CT molecular complexity index is 1050. The molecule has 2 aromatic carbocycles. The first kappa shape index (κ1) is 27.4. The maximum Gasteiger partial charge on any atom is 0.418 e. The van der Waals surface area contributed by atoms with Gasteiger partial charge in [0.2, 0.25) is 0 Å². The Kier molecular flexibility index (Phi) is 8.79. The third kappa shape index (κ3) is 7.25. The molecule has 1 aliphatic heterocycles. The van der Waals surface area contributed by atoms with Crippen LogP contribution < -0.4 is 15.4 Å². The minimum Gasteiger partial charge on any atom is -0.382 e. The minimum atomic E-state index is -4.71. The van der Waals surface area contributed by atoms with E-state index in [1.54, 1.807) is 0 Å². The molecule has 1 heterocycles. The number of rotatable bonds is 7. The number of halogens is 3. The lowest BCUT2D eigenvalue weighted by atomic mass is 9.92. The van der Waals surface area contributed by atoms with E-state index in [0.29, 0.717) is 6.61 Å². The number of anilines is 3. The summed E-state index contributed by atoms with van der Waals surface area (Å²) in [6.45, 7) is 6.01.